The first-order valence-corrected chi connectivity index (χ1v) is 4.48. The van der Waals surface area contributed by atoms with Gasteiger partial charge in [-0.05, 0) is 19.4 Å². The summed E-state index contributed by atoms with van der Waals surface area (Å²) in [5.74, 6) is 0. The molecule has 0 bridgehead atoms. The van der Waals surface area contributed by atoms with E-state index >= 15 is 0 Å². The van der Waals surface area contributed by atoms with E-state index in [0.717, 1.165) is 5.56 Å². The Kier molecular flexibility index (Phi) is 3.85. The molecule has 0 N–H and O–H groups in total. The summed E-state index contributed by atoms with van der Waals surface area (Å²) in [7, 11) is 0. The van der Waals surface area contributed by atoms with Crippen LogP contribution in [0.15, 0.2) is 35.3 Å². The third kappa shape index (κ3) is 3.85. The number of carbonyl (C=O) groups is 1. The molecule has 1 rings (SSSR count). The van der Waals surface area contributed by atoms with E-state index in [-0.39, 0.29) is 6.10 Å². The highest BCUT2D eigenvalue weighted by atomic mass is 16.6. The fourth-order valence-corrected chi connectivity index (χ4v) is 0.898. The molecule has 0 spiro atoms. The SMILES string of the molecule is CC(C)OC(=O)N=Cc1ccccc1. The summed E-state index contributed by atoms with van der Waals surface area (Å²) in [5.41, 5.74) is 0.883. The van der Waals surface area contributed by atoms with Gasteiger partial charge >= 0.3 is 6.09 Å². The first-order chi connectivity index (χ1) is 6.68. The lowest BCUT2D eigenvalue weighted by Gasteiger charge is -2.02. The van der Waals surface area contributed by atoms with Crippen LogP contribution in [0.4, 0.5) is 4.79 Å². The predicted octanol–water partition coefficient (Wildman–Crippen LogP) is 2.65. The Labute approximate surface area is 83.4 Å². The van der Waals surface area contributed by atoms with Crippen LogP contribution in [0, 0.1) is 0 Å². The third-order valence-corrected chi connectivity index (χ3v) is 1.46. The largest absolute Gasteiger partial charge is 0.445 e. The first kappa shape index (κ1) is 10.4. The maximum Gasteiger partial charge on any atom is 0.433 e. The smallest absolute Gasteiger partial charge is 0.433 e. The van der Waals surface area contributed by atoms with Crippen LogP contribution in [0.3, 0.4) is 0 Å². The highest BCUT2D eigenvalue weighted by Crippen LogP contribution is 1.96. The van der Waals surface area contributed by atoms with Crippen molar-refractivity contribution in [2.75, 3.05) is 0 Å². The zero-order chi connectivity index (χ0) is 10.4. The van der Waals surface area contributed by atoms with Gasteiger partial charge in [-0.3, -0.25) is 0 Å². The van der Waals surface area contributed by atoms with Gasteiger partial charge in [0.15, 0.2) is 0 Å². The van der Waals surface area contributed by atoms with Crippen molar-refractivity contribution in [2.45, 2.75) is 20.0 Å². The summed E-state index contributed by atoms with van der Waals surface area (Å²) in [6.07, 6.45) is 0.810. The average Bonchev–Trinajstić information content (AvgIpc) is 2.15. The van der Waals surface area contributed by atoms with Gasteiger partial charge in [0.2, 0.25) is 0 Å². The standard InChI is InChI=1S/C11H13NO2/c1-9(2)14-11(13)12-8-10-6-4-3-5-7-10/h3-9H,1-2H3. The zero-order valence-electron chi connectivity index (χ0n) is 8.31. The molecule has 14 heavy (non-hydrogen) atoms. The zero-order valence-corrected chi connectivity index (χ0v) is 8.31. The van der Waals surface area contributed by atoms with Crippen LogP contribution in [0.25, 0.3) is 0 Å². The van der Waals surface area contributed by atoms with Crippen LogP contribution in [0.5, 0.6) is 0 Å². The van der Waals surface area contributed by atoms with E-state index < -0.39 is 6.09 Å². The average molecular weight is 191 g/mol. The number of amides is 1. The molecule has 0 atom stereocenters. The topological polar surface area (TPSA) is 38.7 Å². The molecular weight excluding hydrogens is 178 g/mol. The molecule has 74 valence electrons. The lowest BCUT2D eigenvalue weighted by atomic mass is 10.2. The van der Waals surface area contributed by atoms with Gasteiger partial charge in [0.05, 0.1) is 6.10 Å². The fraction of sp³-hybridized carbons (Fsp3) is 0.273. The quantitative estimate of drug-likeness (QED) is 0.674. The molecule has 0 fully saturated rings. The van der Waals surface area contributed by atoms with Gasteiger partial charge in [0.1, 0.15) is 0 Å². The van der Waals surface area contributed by atoms with E-state index in [0.29, 0.717) is 0 Å². The Balaban J connectivity index is 2.52. The van der Waals surface area contributed by atoms with Crippen LogP contribution in [-0.2, 0) is 4.74 Å². The van der Waals surface area contributed by atoms with Crippen molar-refractivity contribution in [3.63, 3.8) is 0 Å². The summed E-state index contributed by atoms with van der Waals surface area (Å²) in [5, 5.41) is 0. The molecule has 0 heterocycles. The van der Waals surface area contributed by atoms with Crippen molar-refractivity contribution in [1.29, 1.82) is 0 Å². The molecule has 1 amide bonds. The van der Waals surface area contributed by atoms with Crippen LogP contribution < -0.4 is 0 Å². The number of hydrogen-bond acceptors (Lipinski definition) is 2. The Morgan fingerprint density at radius 3 is 2.57 bits per heavy atom. The number of carbonyl (C=O) groups excluding carboxylic acids is 1. The molecule has 1 aromatic rings. The number of rotatable bonds is 2. The van der Waals surface area contributed by atoms with Crippen molar-refractivity contribution in [1.82, 2.24) is 0 Å². The van der Waals surface area contributed by atoms with E-state index in [4.69, 9.17) is 4.74 Å². The van der Waals surface area contributed by atoms with Gasteiger partial charge in [-0.2, -0.15) is 4.99 Å². The van der Waals surface area contributed by atoms with E-state index in [9.17, 15) is 4.79 Å². The van der Waals surface area contributed by atoms with Crippen molar-refractivity contribution in [3.05, 3.63) is 35.9 Å². The maximum atomic E-state index is 11.0. The van der Waals surface area contributed by atoms with Gasteiger partial charge in [-0.25, -0.2) is 4.79 Å². The summed E-state index contributed by atoms with van der Waals surface area (Å²) in [6, 6.07) is 9.41. The lowest BCUT2D eigenvalue weighted by Crippen LogP contribution is -2.07. The summed E-state index contributed by atoms with van der Waals surface area (Å²) in [6.45, 7) is 3.58. The molecule has 0 saturated heterocycles. The Morgan fingerprint density at radius 1 is 1.36 bits per heavy atom. The second kappa shape index (κ2) is 5.17. The molecule has 0 saturated carbocycles. The van der Waals surface area contributed by atoms with Crippen molar-refractivity contribution < 1.29 is 9.53 Å². The minimum Gasteiger partial charge on any atom is -0.445 e. The van der Waals surface area contributed by atoms with Crippen molar-refractivity contribution >= 4 is 12.3 Å². The number of aliphatic imine (C=N–C) groups is 1. The second-order valence-electron chi connectivity index (χ2n) is 3.10. The van der Waals surface area contributed by atoms with Crippen LogP contribution in [0.1, 0.15) is 19.4 Å². The summed E-state index contributed by atoms with van der Waals surface area (Å²) >= 11 is 0. The molecule has 3 nitrogen and oxygen atoms in total. The number of benzene rings is 1. The van der Waals surface area contributed by atoms with E-state index in [1.54, 1.807) is 13.8 Å². The third-order valence-electron chi connectivity index (χ3n) is 1.46. The number of ether oxygens (including phenoxy) is 1. The van der Waals surface area contributed by atoms with E-state index in [1.807, 2.05) is 30.3 Å². The summed E-state index contributed by atoms with van der Waals surface area (Å²) < 4.78 is 4.84. The second-order valence-corrected chi connectivity index (χ2v) is 3.10. The van der Waals surface area contributed by atoms with Crippen LogP contribution in [0.2, 0.25) is 0 Å². The molecule has 0 aromatic heterocycles. The maximum absolute atomic E-state index is 11.0. The molecule has 3 heteroatoms. The first-order valence-electron chi connectivity index (χ1n) is 4.48. The highest BCUT2D eigenvalue weighted by Gasteiger charge is 2.00. The molecule has 0 aliphatic rings. The molecule has 1 aromatic carbocycles. The molecular formula is C11H13NO2. The van der Waals surface area contributed by atoms with Gasteiger partial charge < -0.3 is 4.74 Å². The number of nitrogens with zero attached hydrogens (tertiary/aromatic N) is 1. The van der Waals surface area contributed by atoms with E-state index in [2.05, 4.69) is 4.99 Å². The Morgan fingerprint density at radius 2 is 2.00 bits per heavy atom. The Hall–Kier alpha value is -1.64. The lowest BCUT2D eigenvalue weighted by molar-refractivity contribution is 0.126. The Bertz CT molecular complexity index is 317. The molecule has 0 aliphatic heterocycles. The van der Waals surface area contributed by atoms with Crippen molar-refractivity contribution in [2.24, 2.45) is 4.99 Å². The minimum atomic E-state index is -0.552. The minimum absolute atomic E-state index is 0.129. The molecule has 0 aliphatic carbocycles. The normalized spacial score (nSPS) is 10.8. The summed E-state index contributed by atoms with van der Waals surface area (Å²) in [4.78, 5) is 14.7. The van der Waals surface area contributed by atoms with Crippen molar-refractivity contribution in [3.8, 4) is 0 Å². The molecule has 0 unspecified atom stereocenters. The van der Waals surface area contributed by atoms with Gasteiger partial charge in [-0.1, -0.05) is 30.3 Å². The van der Waals surface area contributed by atoms with Crippen LogP contribution in [-0.4, -0.2) is 18.4 Å². The highest BCUT2D eigenvalue weighted by molar-refractivity contribution is 5.88. The fourth-order valence-electron chi connectivity index (χ4n) is 0.898. The van der Waals surface area contributed by atoms with E-state index in [1.165, 1.54) is 6.21 Å². The van der Waals surface area contributed by atoms with Gasteiger partial charge in [0, 0.05) is 6.21 Å². The predicted molar refractivity (Wildman–Crippen MR) is 55.7 cm³/mol. The van der Waals surface area contributed by atoms with Crippen LogP contribution >= 0.6 is 0 Å². The van der Waals surface area contributed by atoms with Gasteiger partial charge in [0.25, 0.3) is 0 Å². The monoisotopic (exact) mass is 191 g/mol. The number of hydrogen-bond donors (Lipinski definition) is 0. The van der Waals surface area contributed by atoms with Gasteiger partial charge in [-0.15, -0.1) is 0 Å². The molecule has 0 radical (unpaired) electrons.